The SMILES string of the molecule is NC/C=C/CNc1cc(Br)c(F)cc1[N+](=O)[O-]. The van der Waals surface area contributed by atoms with E-state index < -0.39 is 10.7 Å². The fourth-order valence-electron chi connectivity index (χ4n) is 1.18. The van der Waals surface area contributed by atoms with Gasteiger partial charge in [-0.05, 0) is 22.0 Å². The Morgan fingerprint density at radius 3 is 2.82 bits per heavy atom. The number of hydrogen-bond donors (Lipinski definition) is 2. The molecule has 0 spiro atoms. The number of anilines is 1. The molecule has 0 heterocycles. The first-order valence-electron chi connectivity index (χ1n) is 4.78. The number of nitrogens with zero attached hydrogens (tertiary/aromatic N) is 1. The van der Waals surface area contributed by atoms with Crippen LogP contribution in [0.3, 0.4) is 0 Å². The summed E-state index contributed by atoms with van der Waals surface area (Å²) in [5, 5.41) is 13.5. The summed E-state index contributed by atoms with van der Waals surface area (Å²) in [6, 6.07) is 2.21. The number of halogens is 2. The summed E-state index contributed by atoms with van der Waals surface area (Å²) in [6.07, 6.45) is 3.46. The number of hydrogen-bond acceptors (Lipinski definition) is 4. The van der Waals surface area contributed by atoms with Crippen molar-refractivity contribution in [1.82, 2.24) is 0 Å². The van der Waals surface area contributed by atoms with Crippen molar-refractivity contribution in [3.05, 3.63) is 44.7 Å². The minimum atomic E-state index is -0.667. The van der Waals surface area contributed by atoms with Crippen molar-refractivity contribution in [2.45, 2.75) is 0 Å². The largest absolute Gasteiger partial charge is 0.376 e. The Balaban J connectivity index is 2.92. The predicted molar refractivity (Wildman–Crippen MR) is 67.4 cm³/mol. The lowest BCUT2D eigenvalue weighted by Crippen LogP contribution is -2.04. The molecular weight excluding hydrogens is 293 g/mol. The second-order valence-corrected chi connectivity index (χ2v) is 3.98. The maximum absolute atomic E-state index is 13.2. The summed E-state index contributed by atoms with van der Waals surface area (Å²) in [7, 11) is 0. The molecule has 0 fully saturated rings. The first-order valence-corrected chi connectivity index (χ1v) is 5.58. The van der Waals surface area contributed by atoms with Gasteiger partial charge in [-0.3, -0.25) is 10.1 Å². The van der Waals surface area contributed by atoms with E-state index in [0.717, 1.165) is 6.07 Å². The van der Waals surface area contributed by atoms with Crippen molar-refractivity contribution in [3.8, 4) is 0 Å². The van der Waals surface area contributed by atoms with Crippen LogP contribution < -0.4 is 11.1 Å². The van der Waals surface area contributed by atoms with E-state index in [-0.39, 0.29) is 15.8 Å². The molecule has 1 aromatic rings. The zero-order chi connectivity index (χ0) is 12.8. The Morgan fingerprint density at radius 2 is 2.24 bits per heavy atom. The Morgan fingerprint density at radius 1 is 1.53 bits per heavy atom. The van der Waals surface area contributed by atoms with Gasteiger partial charge in [0.05, 0.1) is 15.5 Å². The van der Waals surface area contributed by atoms with Crippen molar-refractivity contribution in [3.63, 3.8) is 0 Å². The average Bonchev–Trinajstić information content (AvgIpc) is 2.28. The van der Waals surface area contributed by atoms with Gasteiger partial charge in [-0.1, -0.05) is 12.2 Å². The fraction of sp³-hybridized carbons (Fsp3) is 0.200. The highest BCUT2D eigenvalue weighted by molar-refractivity contribution is 9.10. The minimum Gasteiger partial charge on any atom is -0.376 e. The van der Waals surface area contributed by atoms with Crippen LogP contribution in [0.5, 0.6) is 0 Å². The van der Waals surface area contributed by atoms with Gasteiger partial charge in [0.2, 0.25) is 0 Å². The Bertz CT molecular complexity index is 451. The van der Waals surface area contributed by atoms with E-state index >= 15 is 0 Å². The van der Waals surface area contributed by atoms with Crippen molar-refractivity contribution < 1.29 is 9.31 Å². The van der Waals surface area contributed by atoms with Gasteiger partial charge in [0, 0.05) is 13.1 Å². The monoisotopic (exact) mass is 303 g/mol. The zero-order valence-electron chi connectivity index (χ0n) is 8.82. The first-order chi connectivity index (χ1) is 8.06. The van der Waals surface area contributed by atoms with Crippen molar-refractivity contribution >= 4 is 27.3 Å². The Hall–Kier alpha value is -1.47. The third-order valence-corrected chi connectivity index (χ3v) is 2.56. The lowest BCUT2D eigenvalue weighted by molar-refractivity contribution is -0.384. The van der Waals surface area contributed by atoms with Gasteiger partial charge in [-0.25, -0.2) is 4.39 Å². The van der Waals surface area contributed by atoms with Crippen molar-refractivity contribution in [2.75, 3.05) is 18.4 Å². The molecule has 0 radical (unpaired) electrons. The van der Waals surface area contributed by atoms with Gasteiger partial charge in [0.1, 0.15) is 11.5 Å². The van der Waals surface area contributed by atoms with Crippen LogP contribution in [0.25, 0.3) is 0 Å². The van der Waals surface area contributed by atoms with E-state index in [1.807, 2.05) is 0 Å². The third-order valence-electron chi connectivity index (χ3n) is 1.95. The lowest BCUT2D eigenvalue weighted by Gasteiger charge is -2.05. The van der Waals surface area contributed by atoms with E-state index in [1.165, 1.54) is 6.07 Å². The first kappa shape index (κ1) is 13.6. The summed E-state index contributed by atoms with van der Waals surface area (Å²) >= 11 is 2.98. The highest BCUT2D eigenvalue weighted by Crippen LogP contribution is 2.30. The Kier molecular flexibility index (Phi) is 5.05. The molecule has 92 valence electrons. The molecule has 0 aromatic heterocycles. The molecule has 1 rings (SSSR count). The van der Waals surface area contributed by atoms with Crippen LogP contribution in [0.4, 0.5) is 15.8 Å². The smallest absolute Gasteiger partial charge is 0.295 e. The van der Waals surface area contributed by atoms with Crippen LogP contribution in [0.15, 0.2) is 28.8 Å². The maximum atomic E-state index is 13.2. The number of nitro groups is 1. The molecule has 1 aromatic carbocycles. The van der Waals surface area contributed by atoms with Crippen LogP contribution in [0.1, 0.15) is 0 Å². The van der Waals surface area contributed by atoms with Gasteiger partial charge in [-0.15, -0.1) is 0 Å². The van der Waals surface area contributed by atoms with Gasteiger partial charge >= 0.3 is 0 Å². The molecule has 0 saturated carbocycles. The van der Waals surface area contributed by atoms with Crippen LogP contribution in [0.2, 0.25) is 0 Å². The second-order valence-electron chi connectivity index (χ2n) is 3.13. The molecule has 7 heteroatoms. The summed E-state index contributed by atoms with van der Waals surface area (Å²) in [6.45, 7) is 0.785. The molecule has 0 aliphatic rings. The number of benzene rings is 1. The minimum absolute atomic E-state index is 0.174. The van der Waals surface area contributed by atoms with Crippen LogP contribution >= 0.6 is 15.9 Å². The van der Waals surface area contributed by atoms with Crippen LogP contribution in [-0.4, -0.2) is 18.0 Å². The zero-order valence-corrected chi connectivity index (χ0v) is 10.4. The van der Waals surface area contributed by atoms with E-state index in [1.54, 1.807) is 12.2 Å². The molecular formula is C10H11BrFN3O2. The molecule has 0 amide bonds. The lowest BCUT2D eigenvalue weighted by atomic mass is 10.2. The second kappa shape index (κ2) is 6.31. The van der Waals surface area contributed by atoms with Crippen molar-refractivity contribution in [1.29, 1.82) is 0 Å². The average molecular weight is 304 g/mol. The standard InChI is InChI=1S/C10H11BrFN3O2/c11-7-5-9(14-4-2-1-3-13)10(15(16)17)6-8(7)12/h1-2,5-6,14H,3-4,13H2/b2-1+. The summed E-state index contributed by atoms with van der Waals surface area (Å²) in [5.74, 6) is -0.667. The van der Waals surface area contributed by atoms with E-state index in [2.05, 4.69) is 21.2 Å². The van der Waals surface area contributed by atoms with E-state index in [4.69, 9.17) is 5.73 Å². The number of nitro benzene ring substituents is 1. The number of nitrogens with two attached hydrogens (primary N) is 1. The number of rotatable bonds is 5. The molecule has 5 nitrogen and oxygen atoms in total. The number of nitrogens with one attached hydrogen (secondary N) is 1. The predicted octanol–water partition coefficient (Wildman–Crippen LogP) is 2.42. The van der Waals surface area contributed by atoms with E-state index in [0.29, 0.717) is 13.1 Å². The van der Waals surface area contributed by atoms with Crippen molar-refractivity contribution in [2.24, 2.45) is 5.73 Å². The van der Waals surface area contributed by atoms with Gasteiger partial charge in [0.15, 0.2) is 0 Å². The van der Waals surface area contributed by atoms with Crippen LogP contribution in [-0.2, 0) is 0 Å². The topological polar surface area (TPSA) is 81.2 Å². The van der Waals surface area contributed by atoms with E-state index in [9.17, 15) is 14.5 Å². The summed E-state index contributed by atoms with van der Waals surface area (Å²) in [5.41, 5.74) is 5.21. The normalized spacial score (nSPS) is 10.8. The highest BCUT2D eigenvalue weighted by atomic mass is 79.9. The maximum Gasteiger partial charge on any atom is 0.295 e. The molecule has 17 heavy (non-hydrogen) atoms. The van der Waals surface area contributed by atoms with Gasteiger partial charge in [0.25, 0.3) is 5.69 Å². The highest BCUT2D eigenvalue weighted by Gasteiger charge is 2.16. The summed E-state index contributed by atoms with van der Waals surface area (Å²) < 4.78 is 13.3. The molecule has 0 aliphatic carbocycles. The molecule has 0 aliphatic heterocycles. The molecule has 0 atom stereocenters. The molecule has 0 bridgehead atoms. The molecule has 3 N–H and O–H groups in total. The fourth-order valence-corrected chi connectivity index (χ4v) is 1.52. The molecule has 0 unspecified atom stereocenters. The van der Waals surface area contributed by atoms with Gasteiger partial charge in [-0.2, -0.15) is 0 Å². The quantitative estimate of drug-likeness (QED) is 0.497. The van der Waals surface area contributed by atoms with Gasteiger partial charge < -0.3 is 11.1 Å². The summed E-state index contributed by atoms with van der Waals surface area (Å²) in [4.78, 5) is 10.1. The van der Waals surface area contributed by atoms with Crippen LogP contribution in [0, 0.1) is 15.9 Å². The molecule has 0 saturated heterocycles. The Labute approximate surface area is 106 Å². The third kappa shape index (κ3) is 3.79.